The summed E-state index contributed by atoms with van der Waals surface area (Å²) in [5, 5.41) is 6.59. The van der Waals surface area contributed by atoms with Crippen molar-refractivity contribution in [2.45, 2.75) is 26.3 Å². The first-order valence-corrected chi connectivity index (χ1v) is 8.57. The summed E-state index contributed by atoms with van der Waals surface area (Å²) in [6.45, 7) is 8.75. The fourth-order valence-electron chi connectivity index (χ4n) is 2.45. The van der Waals surface area contributed by atoms with Crippen molar-refractivity contribution in [1.29, 1.82) is 0 Å². The highest BCUT2D eigenvalue weighted by molar-refractivity contribution is 5.79. The topological polar surface area (TPSA) is 64.1 Å². The molecule has 0 saturated carbocycles. The molecule has 6 heteroatoms. The minimum absolute atomic E-state index is 0.635. The van der Waals surface area contributed by atoms with Gasteiger partial charge >= 0.3 is 0 Å². The van der Waals surface area contributed by atoms with Crippen LogP contribution in [0.5, 0.6) is 11.5 Å². The summed E-state index contributed by atoms with van der Waals surface area (Å²) < 4.78 is 16.2. The Morgan fingerprint density at radius 2 is 2.04 bits per heavy atom. The number of rotatable bonds is 11. The molecule has 140 valence electrons. The van der Waals surface area contributed by atoms with Crippen molar-refractivity contribution in [3.63, 3.8) is 0 Å². The van der Waals surface area contributed by atoms with Gasteiger partial charge in [-0.05, 0) is 37.5 Å². The Labute approximate surface area is 151 Å². The van der Waals surface area contributed by atoms with Crippen LogP contribution >= 0.6 is 0 Å². The minimum atomic E-state index is 0.635. The van der Waals surface area contributed by atoms with Gasteiger partial charge in [-0.2, -0.15) is 0 Å². The minimum Gasteiger partial charge on any atom is -0.493 e. The monoisotopic (exact) mass is 349 g/mol. The second kappa shape index (κ2) is 12.2. The van der Waals surface area contributed by atoms with E-state index in [0.29, 0.717) is 6.54 Å². The number of nitrogens with zero attached hydrogens (tertiary/aromatic N) is 1. The van der Waals surface area contributed by atoms with E-state index in [9.17, 15) is 0 Å². The lowest BCUT2D eigenvalue weighted by Crippen LogP contribution is -2.37. The highest BCUT2D eigenvalue weighted by atomic mass is 16.5. The second-order valence-electron chi connectivity index (χ2n) is 5.39. The van der Waals surface area contributed by atoms with E-state index in [1.165, 1.54) is 0 Å². The van der Waals surface area contributed by atoms with E-state index in [0.717, 1.165) is 61.2 Å². The number of nitrogens with one attached hydrogen (secondary N) is 2. The first-order valence-electron chi connectivity index (χ1n) is 8.57. The van der Waals surface area contributed by atoms with Gasteiger partial charge in [0.15, 0.2) is 17.5 Å². The third-order valence-electron chi connectivity index (χ3n) is 3.63. The van der Waals surface area contributed by atoms with Gasteiger partial charge in [0.05, 0.1) is 14.2 Å². The van der Waals surface area contributed by atoms with Crippen molar-refractivity contribution < 1.29 is 14.2 Å². The average Bonchev–Trinajstić information content (AvgIpc) is 2.63. The molecule has 6 nitrogen and oxygen atoms in total. The summed E-state index contributed by atoms with van der Waals surface area (Å²) in [7, 11) is 5.05. The molecule has 1 aromatic carbocycles. The van der Waals surface area contributed by atoms with Crippen LogP contribution in [0, 0.1) is 0 Å². The van der Waals surface area contributed by atoms with Crippen LogP contribution in [0.4, 0.5) is 0 Å². The van der Waals surface area contributed by atoms with Crippen molar-refractivity contribution in [2.24, 2.45) is 4.99 Å². The molecule has 0 radical (unpaired) electrons. The van der Waals surface area contributed by atoms with Crippen molar-refractivity contribution >= 4 is 5.96 Å². The number of methoxy groups -OCH3 is 2. The smallest absolute Gasteiger partial charge is 0.191 e. The van der Waals surface area contributed by atoms with Gasteiger partial charge in [-0.25, -0.2) is 0 Å². The molecule has 0 amide bonds. The Balaban J connectivity index is 2.68. The molecule has 0 aliphatic heterocycles. The van der Waals surface area contributed by atoms with E-state index in [2.05, 4.69) is 28.3 Å². The van der Waals surface area contributed by atoms with Crippen LogP contribution in [0.2, 0.25) is 0 Å². The molecule has 0 heterocycles. The summed E-state index contributed by atoms with van der Waals surface area (Å²) in [5.74, 6) is 2.24. The molecule has 0 aromatic heterocycles. The predicted molar refractivity (Wildman–Crippen MR) is 103 cm³/mol. The van der Waals surface area contributed by atoms with Crippen LogP contribution < -0.4 is 20.1 Å². The van der Waals surface area contributed by atoms with E-state index in [-0.39, 0.29) is 0 Å². The van der Waals surface area contributed by atoms with Gasteiger partial charge in [0.25, 0.3) is 0 Å². The zero-order chi connectivity index (χ0) is 18.5. The van der Waals surface area contributed by atoms with Crippen molar-refractivity contribution in [3.05, 3.63) is 35.9 Å². The summed E-state index contributed by atoms with van der Waals surface area (Å²) in [5.41, 5.74) is 2.14. The van der Waals surface area contributed by atoms with Gasteiger partial charge in [0.1, 0.15) is 0 Å². The number of benzene rings is 1. The van der Waals surface area contributed by atoms with Crippen LogP contribution in [-0.4, -0.2) is 47.0 Å². The Hall–Kier alpha value is -2.21. The molecule has 0 fully saturated rings. The lowest BCUT2D eigenvalue weighted by atomic mass is 10.1. The van der Waals surface area contributed by atoms with Crippen LogP contribution in [0.1, 0.15) is 24.5 Å². The first-order chi connectivity index (χ1) is 12.2. The molecule has 1 rings (SSSR count). The summed E-state index contributed by atoms with van der Waals surface area (Å²) in [6, 6.07) is 4.07. The van der Waals surface area contributed by atoms with Crippen LogP contribution in [0.15, 0.2) is 29.8 Å². The van der Waals surface area contributed by atoms with Gasteiger partial charge in [0, 0.05) is 38.9 Å². The molecular formula is C19H31N3O3. The fraction of sp³-hybridized carbons (Fsp3) is 0.526. The maximum absolute atomic E-state index is 5.47. The van der Waals surface area contributed by atoms with Crippen LogP contribution in [0.25, 0.3) is 0 Å². The van der Waals surface area contributed by atoms with Gasteiger partial charge in [-0.15, -0.1) is 6.58 Å². The molecule has 0 unspecified atom stereocenters. The van der Waals surface area contributed by atoms with Crippen LogP contribution in [0.3, 0.4) is 0 Å². The fourth-order valence-corrected chi connectivity index (χ4v) is 2.45. The third kappa shape index (κ3) is 7.05. The zero-order valence-electron chi connectivity index (χ0n) is 15.9. The summed E-state index contributed by atoms with van der Waals surface area (Å²) >= 11 is 0. The van der Waals surface area contributed by atoms with Gasteiger partial charge in [-0.1, -0.05) is 6.08 Å². The molecule has 0 spiro atoms. The largest absolute Gasteiger partial charge is 0.493 e. The van der Waals surface area contributed by atoms with Gasteiger partial charge in [0.2, 0.25) is 0 Å². The van der Waals surface area contributed by atoms with E-state index in [4.69, 9.17) is 14.2 Å². The maximum Gasteiger partial charge on any atom is 0.191 e. The summed E-state index contributed by atoms with van der Waals surface area (Å²) in [4.78, 5) is 4.24. The Morgan fingerprint density at radius 1 is 1.24 bits per heavy atom. The normalized spacial score (nSPS) is 11.1. The number of allylic oxidation sites excluding steroid dienone is 1. The first kappa shape index (κ1) is 20.8. The SMILES string of the molecule is C=CCc1cc(CNC(=NC)NCCCOCC)cc(OC)c1OC. The van der Waals surface area contributed by atoms with E-state index in [1.54, 1.807) is 21.3 Å². The molecule has 0 atom stereocenters. The van der Waals surface area contributed by atoms with Crippen LogP contribution in [-0.2, 0) is 17.7 Å². The molecule has 0 saturated heterocycles. The van der Waals surface area contributed by atoms with E-state index < -0.39 is 0 Å². The molecule has 0 bridgehead atoms. The maximum atomic E-state index is 5.47. The molecule has 25 heavy (non-hydrogen) atoms. The number of guanidine groups is 1. The molecule has 0 aliphatic rings. The highest BCUT2D eigenvalue weighted by Gasteiger charge is 2.11. The second-order valence-corrected chi connectivity index (χ2v) is 5.39. The lowest BCUT2D eigenvalue weighted by molar-refractivity contribution is 0.145. The average molecular weight is 349 g/mol. The quantitative estimate of drug-likeness (QED) is 0.278. The predicted octanol–water partition coefficient (Wildman–Crippen LogP) is 2.52. The van der Waals surface area contributed by atoms with E-state index >= 15 is 0 Å². The molecular weight excluding hydrogens is 318 g/mol. The van der Waals surface area contributed by atoms with Crippen molar-refractivity contribution in [2.75, 3.05) is 41.0 Å². The highest BCUT2D eigenvalue weighted by Crippen LogP contribution is 2.33. The van der Waals surface area contributed by atoms with E-state index in [1.807, 2.05) is 19.1 Å². The third-order valence-corrected chi connectivity index (χ3v) is 3.63. The Bertz CT molecular complexity index is 559. The lowest BCUT2D eigenvalue weighted by Gasteiger charge is -2.16. The number of aliphatic imine (C=N–C) groups is 1. The molecule has 1 aromatic rings. The van der Waals surface area contributed by atoms with Crippen molar-refractivity contribution in [3.8, 4) is 11.5 Å². The Morgan fingerprint density at radius 3 is 2.64 bits per heavy atom. The Kier molecular flexibility index (Phi) is 10.2. The standard InChI is InChI=1S/C19H31N3O3/c1-6-9-16-12-15(13-17(23-4)18(16)24-5)14-22-19(20-3)21-10-8-11-25-7-2/h6,12-13H,1,7-11,14H2,2-5H3,(H2,20,21,22). The summed E-state index contributed by atoms with van der Waals surface area (Å²) in [6.07, 6.45) is 3.51. The number of hydrogen-bond acceptors (Lipinski definition) is 4. The number of ether oxygens (including phenoxy) is 3. The van der Waals surface area contributed by atoms with Gasteiger partial charge in [-0.3, -0.25) is 4.99 Å². The molecule has 2 N–H and O–H groups in total. The van der Waals surface area contributed by atoms with Crippen molar-refractivity contribution in [1.82, 2.24) is 10.6 Å². The molecule has 0 aliphatic carbocycles. The number of hydrogen-bond donors (Lipinski definition) is 2. The zero-order valence-corrected chi connectivity index (χ0v) is 15.9. The van der Waals surface area contributed by atoms with Gasteiger partial charge < -0.3 is 24.8 Å².